The maximum Gasteiger partial charge on any atom is 0.264 e. The van der Waals surface area contributed by atoms with Crippen molar-refractivity contribution in [1.82, 2.24) is 0 Å². The van der Waals surface area contributed by atoms with E-state index >= 15 is 0 Å². The second-order valence-corrected chi connectivity index (χ2v) is 8.82. The van der Waals surface area contributed by atoms with Gasteiger partial charge in [0.15, 0.2) is 0 Å². The predicted octanol–water partition coefficient (Wildman–Crippen LogP) is 4.45. The molecule has 0 aliphatic carbocycles. The van der Waals surface area contributed by atoms with E-state index in [9.17, 15) is 13.2 Å². The minimum absolute atomic E-state index is 0.143. The van der Waals surface area contributed by atoms with Crippen molar-refractivity contribution in [2.45, 2.75) is 25.7 Å². The largest absolute Gasteiger partial charge is 0.325 e. The Morgan fingerprint density at radius 3 is 2.28 bits per heavy atom. The van der Waals surface area contributed by atoms with E-state index in [0.717, 1.165) is 16.7 Å². The van der Waals surface area contributed by atoms with Crippen LogP contribution in [0.1, 0.15) is 16.7 Å². The van der Waals surface area contributed by atoms with Gasteiger partial charge >= 0.3 is 0 Å². The highest BCUT2D eigenvalue weighted by Gasteiger charge is 2.28. The number of nitrogens with zero attached hydrogens (tertiary/aromatic N) is 1. The standard InChI is InChI=1S/C23H24N2O3S/c1-17-9-7-11-20(15-17)24-23(26)16-25(22-14-8-10-18(2)19(22)3)29(27,28)21-12-5-4-6-13-21/h4-15H,16H2,1-3H3,(H,24,26). The Morgan fingerprint density at radius 1 is 0.897 bits per heavy atom. The fraction of sp³-hybridized carbons (Fsp3) is 0.174. The average Bonchev–Trinajstić information content (AvgIpc) is 2.69. The maximum absolute atomic E-state index is 13.4. The molecule has 0 saturated carbocycles. The van der Waals surface area contributed by atoms with Gasteiger partial charge in [-0.3, -0.25) is 9.10 Å². The Bertz CT molecular complexity index is 1130. The number of nitrogens with one attached hydrogen (secondary N) is 1. The minimum atomic E-state index is -3.92. The molecule has 1 amide bonds. The Kier molecular flexibility index (Phi) is 6.03. The molecule has 0 unspecified atom stereocenters. The summed E-state index contributed by atoms with van der Waals surface area (Å²) in [6.07, 6.45) is 0. The zero-order chi connectivity index (χ0) is 21.0. The molecule has 0 fully saturated rings. The first-order valence-corrected chi connectivity index (χ1v) is 10.7. The van der Waals surface area contributed by atoms with Crippen LogP contribution in [0.4, 0.5) is 11.4 Å². The highest BCUT2D eigenvalue weighted by atomic mass is 32.2. The second kappa shape index (κ2) is 8.49. The van der Waals surface area contributed by atoms with Gasteiger partial charge in [0, 0.05) is 5.69 Å². The van der Waals surface area contributed by atoms with Crippen molar-refractivity contribution >= 4 is 27.3 Å². The molecule has 150 valence electrons. The summed E-state index contributed by atoms with van der Waals surface area (Å²) in [4.78, 5) is 12.9. The van der Waals surface area contributed by atoms with Crippen molar-refractivity contribution in [2.24, 2.45) is 0 Å². The summed E-state index contributed by atoms with van der Waals surface area (Å²) < 4.78 is 27.9. The first-order valence-electron chi connectivity index (χ1n) is 9.29. The van der Waals surface area contributed by atoms with Gasteiger partial charge in [-0.05, 0) is 67.8 Å². The quantitative estimate of drug-likeness (QED) is 0.655. The summed E-state index contributed by atoms with van der Waals surface area (Å²) in [5.74, 6) is -0.406. The second-order valence-electron chi connectivity index (χ2n) is 6.96. The van der Waals surface area contributed by atoms with Crippen LogP contribution in [-0.2, 0) is 14.8 Å². The number of rotatable bonds is 6. The Hall–Kier alpha value is -3.12. The van der Waals surface area contributed by atoms with Crippen LogP contribution in [0.25, 0.3) is 0 Å². The number of aryl methyl sites for hydroxylation is 2. The minimum Gasteiger partial charge on any atom is -0.325 e. The van der Waals surface area contributed by atoms with E-state index in [2.05, 4.69) is 5.32 Å². The lowest BCUT2D eigenvalue weighted by Gasteiger charge is -2.26. The fourth-order valence-electron chi connectivity index (χ4n) is 3.08. The molecular formula is C23H24N2O3S. The van der Waals surface area contributed by atoms with Gasteiger partial charge in [-0.15, -0.1) is 0 Å². The normalized spacial score (nSPS) is 11.1. The average molecular weight is 409 g/mol. The molecule has 0 bridgehead atoms. The number of carbonyl (C=O) groups is 1. The molecule has 0 aliphatic heterocycles. The van der Waals surface area contributed by atoms with Crippen molar-refractivity contribution in [3.8, 4) is 0 Å². The first kappa shape index (κ1) is 20.6. The number of amides is 1. The van der Waals surface area contributed by atoms with Crippen LogP contribution in [-0.4, -0.2) is 20.9 Å². The smallest absolute Gasteiger partial charge is 0.264 e. The molecule has 3 aromatic carbocycles. The van der Waals surface area contributed by atoms with E-state index in [-0.39, 0.29) is 11.4 Å². The van der Waals surface area contributed by atoms with Gasteiger partial charge in [0.05, 0.1) is 10.6 Å². The third-order valence-electron chi connectivity index (χ3n) is 4.76. The van der Waals surface area contributed by atoms with E-state index in [4.69, 9.17) is 0 Å². The lowest BCUT2D eigenvalue weighted by molar-refractivity contribution is -0.114. The summed E-state index contributed by atoms with van der Waals surface area (Å²) in [7, 11) is -3.92. The number of benzene rings is 3. The predicted molar refractivity (Wildman–Crippen MR) is 117 cm³/mol. The van der Waals surface area contributed by atoms with Gasteiger partial charge in [-0.1, -0.05) is 42.5 Å². The van der Waals surface area contributed by atoms with E-state index in [1.807, 2.05) is 45.0 Å². The van der Waals surface area contributed by atoms with Gasteiger partial charge < -0.3 is 5.32 Å². The third-order valence-corrected chi connectivity index (χ3v) is 6.54. The summed E-state index contributed by atoms with van der Waals surface area (Å²) in [6.45, 7) is 5.38. The number of sulfonamides is 1. The van der Waals surface area contributed by atoms with Crippen LogP contribution in [0.5, 0.6) is 0 Å². The molecule has 0 aliphatic rings. The van der Waals surface area contributed by atoms with Crippen LogP contribution >= 0.6 is 0 Å². The summed E-state index contributed by atoms with van der Waals surface area (Å²) in [5, 5.41) is 2.80. The third kappa shape index (κ3) is 4.66. The van der Waals surface area contributed by atoms with Crippen LogP contribution in [0.2, 0.25) is 0 Å². The lowest BCUT2D eigenvalue weighted by atomic mass is 10.1. The molecule has 3 aromatic rings. The first-order chi connectivity index (χ1) is 13.8. The molecule has 1 N–H and O–H groups in total. The van der Waals surface area contributed by atoms with Gasteiger partial charge in [-0.2, -0.15) is 0 Å². The lowest BCUT2D eigenvalue weighted by Crippen LogP contribution is -2.38. The molecule has 0 heterocycles. The Labute approximate surface area is 172 Å². The molecule has 0 atom stereocenters. The maximum atomic E-state index is 13.4. The summed E-state index contributed by atoms with van der Waals surface area (Å²) in [6, 6.07) is 21.0. The SMILES string of the molecule is Cc1cccc(NC(=O)CN(c2cccc(C)c2C)S(=O)(=O)c2ccccc2)c1. The van der Waals surface area contributed by atoms with Crippen molar-refractivity contribution in [3.05, 3.63) is 89.5 Å². The molecule has 29 heavy (non-hydrogen) atoms. The zero-order valence-corrected chi connectivity index (χ0v) is 17.5. The monoisotopic (exact) mass is 408 g/mol. The van der Waals surface area contributed by atoms with Crippen LogP contribution < -0.4 is 9.62 Å². The van der Waals surface area contributed by atoms with Crippen LogP contribution in [0, 0.1) is 20.8 Å². The number of hydrogen-bond acceptors (Lipinski definition) is 3. The van der Waals surface area contributed by atoms with Gasteiger partial charge in [0.1, 0.15) is 6.54 Å². The topological polar surface area (TPSA) is 66.5 Å². The molecule has 0 aromatic heterocycles. The molecule has 0 spiro atoms. The molecule has 3 rings (SSSR count). The van der Waals surface area contributed by atoms with Gasteiger partial charge in [-0.25, -0.2) is 8.42 Å². The number of anilines is 2. The van der Waals surface area contributed by atoms with Crippen molar-refractivity contribution in [1.29, 1.82) is 0 Å². The van der Waals surface area contributed by atoms with Gasteiger partial charge in [0.2, 0.25) is 5.91 Å². The van der Waals surface area contributed by atoms with Crippen molar-refractivity contribution < 1.29 is 13.2 Å². The van der Waals surface area contributed by atoms with E-state index in [1.165, 1.54) is 16.4 Å². The number of carbonyl (C=O) groups excluding carboxylic acids is 1. The fourth-order valence-corrected chi connectivity index (χ4v) is 4.58. The molecule has 6 heteroatoms. The zero-order valence-electron chi connectivity index (χ0n) is 16.7. The summed E-state index contributed by atoms with van der Waals surface area (Å²) >= 11 is 0. The van der Waals surface area contributed by atoms with E-state index in [1.54, 1.807) is 36.4 Å². The number of hydrogen-bond donors (Lipinski definition) is 1. The molecular weight excluding hydrogens is 384 g/mol. The molecule has 0 radical (unpaired) electrons. The summed E-state index contributed by atoms with van der Waals surface area (Å²) in [5.41, 5.74) is 3.90. The van der Waals surface area contributed by atoms with Gasteiger partial charge in [0.25, 0.3) is 10.0 Å². The molecule has 5 nitrogen and oxygen atoms in total. The highest BCUT2D eigenvalue weighted by Crippen LogP contribution is 2.28. The highest BCUT2D eigenvalue weighted by molar-refractivity contribution is 7.92. The Balaban J connectivity index is 1.99. The Morgan fingerprint density at radius 2 is 1.59 bits per heavy atom. The van der Waals surface area contributed by atoms with E-state index < -0.39 is 15.9 Å². The van der Waals surface area contributed by atoms with Crippen LogP contribution in [0.15, 0.2) is 77.7 Å². The van der Waals surface area contributed by atoms with Crippen LogP contribution in [0.3, 0.4) is 0 Å². The van der Waals surface area contributed by atoms with E-state index in [0.29, 0.717) is 11.4 Å². The molecule has 0 saturated heterocycles. The van der Waals surface area contributed by atoms with Crippen molar-refractivity contribution in [3.63, 3.8) is 0 Å². The van der Waals surface area contributed by atoms with Crippen molar-refractivity contribution in [2.75, 3.05) is 16.2 Å².